The average molecular weight is 513 g/mol. The van der Waals surface area contributed by atoms with Gasteiger partial charge in [0.2, 0.25) is 0 Å². The number of nitrogens with zero attached hydrogens (tertiary/aromatic N) is 2. The monoisotopic (exact) mass is 512 g/mol. The summed E-state index contributed by atoms with van der Waals surface area (Å²) in [4.78, 5) is 16.0. The third kappa shape index (κ3) is 5.73. The van der Waals surface area contributed by atoms with Crippen molar-refractivity contribution in [2.45, 2.75) is 52.1 Å². The molecule has 5 nitrogen and oxygen atoms in total. The van der Waals surface area contributed by atoms with Crippen molar-refractivity contribution in [1.82, 2.24) is 9.80 Å². The van der Waals surface area contributed by atoms with Crippen LogP contribution in [-0.4, -0.2) is 66.9 Å². The Labute approximate surface area is 218 Å². The van der Waals surface area contributed by atoms with E-state index in [-0.39, 0.29) is 24.6 Å². The Morgan fingerprint density at radius 2 is 2.00 bits per heavy atom. The van der Waals surface area contributed by atoms with Crippen LogP contribution in [0.5, 0.6) is 5.75 Å². The lowest BCUT2D eigenvalue weighted by molar-refractivity contribution is -0.142. The van der Waals surface area contributed by atoms with Crippen molar-refractivity contribution in [1.29, 1.82) is 0 Å². The van der Waals surface area contributed by atoms with Gasteiger partial charge in [-0.1, -0.05) is 31.2 Å². The average Bonchev–Trinajstić information content (AvgIpc) is 3.23. The summed E-state index contributed by atoms with van der Waals surface area (Å²) in [6.07, 6.45) is 2.02. The van der Waals surface area contributed by atoms with Gasteiger partial charge in [0.05, 0.1) is 18.6 Å². The van der Waals surface area contributed by atoms with E-state index in [1.165, 1.54) is 22.8 Å². The van der Waals surface area contributed by atoms with Crippen LogP contribution in [0, 0.1) is 18.7 Å². The largest absolute Gasteiger partial charge is 0.492 e. The first-order valence-corrected chi connectivity index (χ1v) is 13.2. The fourth-order valence-electron chi connectivity index (χ4n) is 5.76. The number of ether oxygens (including phenoxy) is 1. The van der Waals surface area contributed by atoms with Crippen LogP contribution >= 0.6 is 0 Å². The van der Waals surface area contributed by atoms with E-state index in [9.17, 15) is 14.3 Å². The van der Waals surface area contributed by atoms with Crippen molar-refractivity contribution >= 4 is 11.5 Å². The molecule has 0 bridgehead atoms. The van der Waals surface area contributed by atoms with Crippen molar-refractivity contribution in [3.8, 4) is 5.75 Å². The van der Waals surface area contributed by atoms with Gasteiger partial charge in [0, 0.05) is 31.2 Å². The zero-order chi connectivity index (χ0) is 26.7. The molecular formula is C30H38F2N2O3. The van der Waals surface area contributed by atoms with E-state index in [2.05, 4.69) is 24.0 Å². The van der Waals surface area contributed by atoms with E-state index in [0.717, 1.165) is 24.0 Å². The predicted octanol–water partition coefficient (Wildman–Crippen LogP) is 5.67. The van der Waals surface area contributed by atoms with E-state index < -0.39 is 11.9 Å². The molecule has 1 heterocycles. The van der Waals surface area contributed by atoms with Crippen molar-refractivity contribution in [2.24, 2.45) is 5.92 Å². The number of aliphatic carboxylic acids is 1. The van der Waals surface area contributed by atoms with Crippen molar-refractivity contribution < 1.29 is 23.4 Å². The highest BCUT2D eigenvalue weighted by Crippen LogP contribution is 2.50. The van der Waals surface area contributed by atoms with E-state index in [0.29, 0.717) is 44.0 Å². The number of carboxylic acids is 1. The van der Waals surface area contributed by atoms with Gasteiger partial charge in [-0.25, -0.2) is 4.39 Å². The molecule has 1 aliphatic heterocycles. The molecular weight excluding hydrogens is 474 g/mol. The Bertz CT molecular complexity index is 1170. The van der Waals surface area contributed by atoms with Crippen LogP contribution in [0.3, 0.4) is 0 Å². The molecule has 2 aromatic carbocycles. The second-order valence-electron chi connectivity index (χ2n) is 10.5. The molecule has 0 saturated carbocycles. The fraction of sp³-hybridized carbons (Fsp3) is 0.500. The predicted molar refractivity (Wildman–Crippen MR) is 142 cm³/mol. The van der Waals surface area contributed by atoms with Crippen LogP contribution in [0.1, 0.15) is 55.0 Å². The normalized spacial score (nSPS) is 20.2. The molecule has 0 amide bonds. The number of carbonyl (C=O) groups is 1. The number of hydrogen-bond acceptors (Lipinski definition) is 4. The number of alkyl halides is 1. The maximum Gasteiger partial charge on any atom is 0.307 e. The lowest BCUT2D eigenvalue weighted by Gasteiger charge is -2.43. The molecule has 7 heteroatoms. The molecule has 0 radical (unpaired) electrons. The first-order chi connectivity index (χ1) is 17.7. The zero-order valence-corrected chi connectivity index (χ0v) is 22.3. The van der Waals surface area contributed by atoms with Crippen LogP contribution < -0.4 is 4.74 Å². The molecule has 0 fully saturated rings. The number of rotatable bonds is 11. The quantitative estimate of drug-likeness (QED) is 0.421. The van der Waals surface area contributed by atoms with Gasteiger partial charge in [0.15, 0.2) is 0 Å². The number of benzene rings is 2. The molecule has 2 aliphatic rings. The van der Waals surface area contributed by atoms with Crippen LogP contribution in [0.2, 0.25) is 0 Å². The summed E-state index contributed by atoms with van der Waals surface area (Å²) in [6, 6.07) is 11.1. The number of hydrogen-bond donors (Lipinski definition) is 1. The first-order valence-electron chi connectivity index (χ1n) is 13.2. The van der Waals surface area contributed by atoms with E-state index in [4.69, 9.17) is 4.74 Å². The second-order valence-corrected chi connectivity index (χ2v) is 10.5. The third-order valence-corrected chi connectivity index (χ3v) is 7.83. The van der Waals surface area contributed by atoms with Crippen LogP contribution in [0.25, 0.3) is 5.57 Å². The SMILES string of the molecule is Cc1c(OCCN(C)CCCF)ccc(F)c1[C@@H]1C2=C(C[C@@H](C)N1C[C@@H](C)C(=O)O)c1ccccc1C2. The second kappa shape index (κ2) is 11.7. The van der Waals surface area contributed by atoms with Gasteiger partial charge in [-0.2, -0.15) is 0 Å². The minimum atomic E-state index is -0.855. The standard InChI is InChI=1S/C30H38F2N2O3/c1-19(30(35)36)18-34-20(2)16-24-23-9-6-5-8-22(23)17-25(24)29(34)28-21(3)27(11-10-26(28)32)37-15-14-33(4)13-7-12-31/h5-6,8-11,19-20,29H,7,12-18H2,1-4H3,(H,35,36)/t19-,20-,29+/m1/s1. The topological polar surface area (TPSA) is 53.0 Å². The van der Waals surface area contributed by atoms with Crippen molar-refractivity contribution in [3.63, 3.8) is 0 Å². The number of fused-ring (bicyclic) bond motifs is 2. The maximum absolute atomic E-state index is 15.7. The minimum Gasteiger partial charge on any atom is -0.492 e. The fourth-order valence-corrected chi connectivity index (χ4v) is 5.76. The van der Waals surface area contributed by atoms with Crippen LogP contribution in [0.15, 0.2) is 42.0 Å². The third-order valence-electron chi connectivity index (χ3n) is 7.83. The summed E-state index contributed by atoms with van der Waals surface area (Å²) in [5, 5.41) is 9.68. The van der Waals surface area contributed by atoms with Crippen LogP contribution in [-0.2, 0) is 11.2 Å². The number of halogens is 2. The molecule has 2 aromatic rings. The highest BCUT2D eigenvalue weighted by molar-refractivity contribution is 5.79. The van der Waals surface area contributed by atoms with Crippen molar-refractivity contribution in [3.05, 3.63) is 70.0 Å². The number of likely N-dealkylation sites (N-methyl/N-ethyl adjacent to an activating group) is 1. The van der Waals surface area contributed by atoms with Gasteiger partial charge in [0.25, 0.3) is 0 Å². The molecule has 0 unspecified atom stereocenters. The molecule has 37 heavy (non-hydrogen) atoms. The lowest BCUT2D eigenvalue weighted by Crippen LogP contribution is -2.45. The Balaban J connectivity index is 1.71. The summed E-state index contributed by atoms with van der Waals surface area (Å²) in [7, 11) is 1.93. The van der Waals surface area contributed by atoms with Gasteiger partial charge >= 0.3 is 5.97 Å². The minimum absolute atomic E-state index is 0.0456. The van der Waals surface area contributed by atoms with Crippen molar-refractivity contribution in [2.75, 3.05) is 40.0 Å². The molecule has 4 rings (SSSR count). The molecule has 1 N–H and O–H groups in total. The maximum atomic E-state index is 15.7. The summed E-state index contributed by atoms with van der Waals surface area (Å²) in [5.74, 6) is -1.12. The summed E-state index contributed by atoms with van der Waals surface area (Å²) >= 11 is 0. The Hall–Kier alpha value is -2.77. The van der Waals surface area contributed by atoms with Gasteiger partial charge < -0.3 is 14.7 Å². The number of carboxylic acid groups (broad SMARTS) is 1. The Kier molecular flexibility index (Phi) is 8.65. The smallest absolute Gasteiger partial charge is 0.307 e. The highest BCUT2D eigenvalue weighted by atomic mass is 19.1. The molecule has 1 aliphatic carbocycles. The van der Waals surface area contributed by atoms with Gasteiger partial charge in [-0.3, -0.25) is 14.1 Å². The van der Waals surface area contributed by atoms with Gasteiger partial charge in [0.1, 0.15) is 18.2 Å². The Morgan fingerprint density at radius 1 is 1.24 bits per heavy atom. The summed E-state index contributed by atoms with van der Waals surface area (Å²) < 4.78 is 34.3. The Morgan fingerprint density at radius 3 is 2.73 bits per heavy atom. The van der Waals surface area contributed by atoms with Gasteiger partial charge in [-0.05, 0) is 80.1 Å². The zero-order valence-electron chi connectivity index (χ0n) is 22.3. The van der Waals surface area contributed by atoms with Gasteiger partial charge in [-0.15, -0.1) is 0 Å². The van der Waals surface area contributed by atoms with Crippen LogP contribution in [0.4, 0.5) is 8.78 Å². The van der Waals surface area contributed by atoms with E-state index in [1.54, 1.807) is 13.0 Å². The summed E-state index contributed by atoms with van der Waals surface area (Å²) in [6.45, 7) is 7.40. The van der Waals surface area contributed by atoms with E-state index in [1.807, 2.05) is 31.0 Å². The van der Waals surface area contributed by atoms with E-state index >= 15 is 4.39 Å². The molecule has 0 saturated heterocycles. The summed E-state index contributed by atoms with van der Waals surface area (Å²) in [5.41, 5.74) is 6.17. The highest BCUT2D eigenvalue weighted by Gasteiger charge is 2.41. The molecule has 0 spiro atoms. The molecule has 0 aromatic heterocycles. The molecule has 3 atom stereocenters. The lowest BCUT2D eigenvalue weighted by atomic mass is 9.83. The molecule has 200 valence electrons. The first kappa shape index (κ1) is 27.3.